The maximum Gasteiger partial charge on any atom is 0.123 e. The number of piperidine rings is 1. The largest absolute Gasteiger partial charge is 0.496 e. The van der Waals surface area contributed by atoms with Gasteiger partial charge in [-0.2, -0.15) is 0 Å². The van der Waals surface area contributed by atoms with Crippen LogP contribution in [0.4, 0.5) is 0 Å². The molecule has 4 heteroatoms. The zero-order valence-corrected chi connectivity index (χ0v) is 13.6. The van der Waals surface area contributed by atoms with Crippen LogP contribution in [0, 0.1) is 5.92 Å². The molecule has 1 N–H and O–H groups in total. The van der Waals surface area contributed by atoms with Gasteiger partial charge in [-0.05, 0) is 32.0 Å². The fourth-order valence-electron chi connectivity index (χ4n) is 3.13. The molecule has 4 nitrogen and oxygen atoms in total. The normalized spacial score (nSPS) is 24.8. The van der Waals surface area contributed by atoms with E-state index in [0.717, 1.165) is 25.4 Å². The molecule has 1 aliphatic rings. The molecular weight excluding hydrogens is 264 g/mol. The van der Waals surface area contributed by atoms with Crippen LogP contribution in [0.15, 0.2) is 24.3 Å². The molecule has 3 unspecified atom stereocenters. The lowest BCUT2D eigenvalue weighted by molar-refractivity contribution is -0.00734. The quantitative estimate of drug-likeness (QED) is 0.872. The maximum absolute atomic E-state index is 5.61. The van der Waals surface area contributed by atoms with E-state index in [2.05, 4.69) is 29.3 Å². The van der Waals surface area contributed by atoms with Gasteiger partial charge in [-0.15, -0.1) is 0 Å². The number of nitrogens with one attached hydrogen (secondary N) is 1. The van der Waals surface area contributed by atoms with Gasteiger partial charge in [0, 0.05) is 31.8 Å². The number of hydrogen-bond acceptors (Lipinski definition) is 4. The van der Waals surface area contributed by atoms with E-state index in [4.69, 9.17) is 9.47 Å². The Morgan fingerprint density at radius 1 is 1.33 bits per heavy atom. The Labute approximate surface area is 128 Å². The number of benzene rings is 1. The zero-order chi connectivity index (χ0) is 15.2. The minimum Gasteiger partial charge on any atom is -0.496 e. The highest BCUT2D eigenvalue weighted by Gasteiger charge is 2.28. The molecule has 1 aromatic carbocycles. The molecule has 0 bridgehead atoms. The Balaban J connectivity index is 2.05. The molecule has 1 aliphatic heterocycles. The fraction of sp³-hybridized carbons (Fsp3) is 0.647. The van der Waals surface area contributed by atoms with Crippen LogP contribution in [0.2, 0.25) is 0 Å². The third-order valence-corrected chi connectivity index (χ3v) is 4.58. The molecular formula is C17H28N2O2. The van der Waals surface area contributed by atoms with Crippen LogP contribution in [-0.2, 0) is 4.74 Å². The summed E-state index contributed by atoms with van der Waals surface area (Å²) < 4.78 is 11.1. The van der Waals surface area contributed by atoms with Crippen LogP contribution in [0.3, 0.4) is 0 Å². The van der Waals surface area contributed by atoms with Crippen molar-refractivity contribution in [3.8, 4) is 5.75 Å². The van der Waals surface area contributed by atoms with E-state index < -0.39 is 0 Å². The number of hydrogen-bond donors (Lipinski definition) is 1. The van der Waals surface area contributed by atoms with E-state index in [9.17, 15) is 0 Å². The maximum atomic E-state index is 5.61. The Morgan fingerprint density at radius 3 is 2.76 bits per heavy atom. The zero-order valence-electron chi connectivity index (χ0n) is 13.6. The van der Waals surface area contributed by atoms with Crippen molar-refractivity contribution >= 4 is 0 Å². The van der Waals surface area contributed by atoms with E-state index in [-0.39, 0.29) is 6.04 Å². The van der Waals surface area contributed by atoms with Crippen LogP contribution in [0.1, 0.15) is 24.9 Å². The molecule has 3 atom stereocenters. The van der Waals surface area contributed by atoms with Gasteiger partial charge in [0.15, 0.2) is 0 Å². The number of methoxy groups -OCH3 is 2. The first kappa shape index (κ1) is 16.3. The van der Waals surface area contributed by atoms with Crippen LogP contribution in [0.25, 0.3) is 0 Å². The summed E-state index contributed by atoms with van der Waals surface area (Å²) >= 11 is 0. The van der Waals surface area contributed by atoms with Crippen molar-refractivity contribution in [2.24, 2.45) is 5.92 Å². The van der Waals surface area contributed by atoms with E-state index >= 15 is 0 Å². The van der Waals surface area contributed by atoms with Crippen molar-refractivity contribution in [3.63, 3.8) is 0 Å². The summed E-state index contributed by atoms with van der Waals surface area (Å²) in [6.45, 7) is 5.39. The number of likely N-dealkylation sites (tertiary alicyclic amines) is 1. The molecule has 0 amide bonds. The molecule has 0 aliphatic carbocycles. The average Bonchev–Trinajstić information content (AvgIpc) is 2.54. The van der Waals surface area contributed by atoms with Gasteiger partial charge >= 0.3 is 0 Å². The number of para-hydroxylation sites is 1. The predicted molar refractivity (Wildman–Crippen MR) is 85.8 cm³/mol. The number of likely N-dealkylation sites (N-methyl/N-ethyl adjacent to an activating group) is 1. The molecule has 0 spiro atoms. The van der Waals surface area contributed by atoms with Gasteiger partial charge in [0.2, 0.25) is 0 Å². The molecule has 118 valence electrons. The van der Waals surface area contributed by atoms with E-state index in [1.807, 2.05) is 26.3 Å². The second-order valence-corrected chi connectivity index (χ2v) is 5.88. The average molecular weight is 292 g/mol. The van der Waals surface area contributed by atoms with Crippen molar-refractivity contribution < 1.29 is 9.47 Å². The Kier molecular flexibility index (Phi) is 6.03. The lowest BCUT2D eigenvalue weighted by Gasteiger charge is -2.38. The van der Waals surface area contributed by atoms with Gasteiger partial charge in [-0.3, -0.25) is 4.90 Å². The lowest BCUT2D eigenvalue weighted by Crippen LogP contribution is -2.46. The molecule has 1 saturated heterocycles. The highest BCUT2D eigenvalue weighted by Crippen LogP contribution is 2.27. The molecule has 0 radical (unpaired) electrons. The second kappa shape index (κ2) is 7.78. The first-order valence-electron chi connectivity index (χ1n) is 7.75. The fourth-order valence-corrected chi connectivity index (χ4v) is 3.13. The summed E-state index contributed by atoms with van der Waals surface area (Å²) in [5.41, 5.74) is 1.22. The number of ether oxygens (including phenoxy) is 2. The third-order valence-electron chi connectivity index (χ3n) is 4.58. The summed E-state index contributed by atoms with van der Waals surface area (Å²) in [5.74, 6) is 1.59. The standard InChI is InChI=1S/C17H28N2O2/c1-13-9-10-19(12-17(13)21-4)11-15(18-2)14-7-5-6-8-16(14)20-3/h5-8,13,15,17-18H,9-12H2,1-4H3. The summed E-state index contributed by atoms with van der Waals surface area (Å²) in [7, 11) is 5.56. The van der Waals surface area contributed by atoms with E-state index in [1.54, 1.807) is 7.11 Å². The second-order valence-electron chi connectivity index (χ2n) is 5.88. The van der Waals surface area contributed by atoms with Gasteiger partial charge < -0.3 is 14.8 Å². The third kappa shape index (κ3) is 3.96. The number of nitrogens with zero attached hydrogens (tertiary/aromatic N) is 1. The molecule has 1 aromatic rings. The Morgan fingerprint density at radius 2 is 2.10 bits per heavy atom. The van der Waals surface area contributed by atoms with Crippen molar-refractivity contribution in [3.05, 3.63) is 29.8 Å². The van der Waals surface area contributed by atoms with Crippen LogP contribution in [0.5, 0.6) is 5.75 Å². The lowest BCUT2D eigenvalue weighted by atomic mass is 9.95. The molecule has 2 rings (SSSR count). The monoisotopic (exact) mass is 292 g/mol. The smallest absolute Gasteiger partial charge is 0.123 e. The first-order valence-corrected chi connectivity index (χ1v) is 7.75. The van der Waals surface area contributed by atoms with Crippen LogP contribution in [-0.4, -0.2) is 51.9 Å². The Bertz CT molecular complexity index is 439. The van der Waals surface area contributed by atoms with E-state index in [1.165, 1.54) is 12.0 Å². The van der Waals surface area contributed by atoms with Crippen LogP contribution < -0.4 is 10.1 Å². The highest BCUT2D eigenvalue weighted by atomic mass is 16.5. The minimum atomic E-state index is 0.270. The minimum absolute atomic E-state index is 0.270. The van der Waals surface area contributed by atoms with Crippen LogP contribution >= 0.6 is 0 Å². The van der Waals surface area contributed by atoms with Gasteiger partial charge in [0.25, 0.3) is 0 Å². The number of rotatable bonds is 6. The summed E-state index contributed by atoms with van der Waals surface area (Å²) in [6, 6.07) is 8.51. The van der Waals surface area contributed by atoms with Crippen molar-refractivity contribution in [2.45, 2.75) is 25.5 Å². The van der Waals surface area contributed by atoms with Gasteiger partial charge in [-0.1, -0.05) is 25.1 Å². The van der Waals surface area contributed by atoms with Gasteiger partial charge in [0.1, 0.15) is 5.75 Å². The molecule has 21 heavy (non-hydrogen) atoms. The first-order chi connectivity index (χ1) is 10.2. The SMILES string of the molecule is CNC(CN1CCC(C)C(OC)C1)c1ccccc1OC. The van der Waals surface area contributed by atoms with Crippen molar-refractivity contribution in [1.82, 2.24) is 10.2 Å². The molecule has 0 saturated carbocycles. The highest BCUT2D eigenvalue weighted by molar-refractivity contribution is 5.36. The van der Waals surface area contributed by atoms with Gasteiger partial charge in [-0.25, -0.2) is 0 Å². The van der Waals surface area contributed by atoms with Gasteiger partial charge in [0.05, 0.1) is 13.2 Å². The molecule has 0 aromatic heterocycles. The molecule has 1 fully saturated rings. The summed E-state index contributed by atoms with van der Waals surface area (Å²) in [5, 5.41) is 3.42. The summed E-state index contributed by atoms with van der Waals surface area (Å²) in [6.07, 6.45) is 1.54. The topological polar surface area (TPSA) is 33.7 Å². The van der Waals surface area contributed by atoms with Crippen molar-refractivity contribution in [2.75, 3.05) is 40.9 Å². The predicted octanol–water partition coefficient (Wildman–Crippen LogP) is 2.31. The summed E-state index contributed by atoms with van der Waals surface area (Å²) in [4.78, 5) is 2.49. The van der Waals surface area contributed by atoms with E-state index in [0.29, 0.717) is 12.0 Å². The van der Waals surface area contributed by atoms with Crippen molar-refractivity contribution in [1.29, 1.82) is 0 Å². The Hall–Kier alpha value is -1.10. The molecule has 1 heterocycles.